The third kappa shape index (κ3) is 4.10. The zero-order chi connectivity index (χ0) is 21.3. The molecular weight excluding hydrogens is 439 g/mol. The second-order valence-corrected chi connectivity index (χ2v) is 8.85. The van der Waals surface area contributed by atoms with E-state index in [2.05, 4.69) is 0 Å². The van der Waals surface area contributed by atoms with Crippen LogP contribution in [0.25, 0.3) is 10.9 Å². The summed E-state index contributed by atoms with van der Waals surface area (Å²) < 4.78 is 31.6. The lowest BCUT2D eigenvalue weighted by Crippen LogP contribution is -2.37. The first-order chi connectivity index (χ1) is 13.6. The van der Waals surface area contributed by atoms with Gasteiger partial charge in [-0.15, -0.1) is 0 Å². The molecule has 0 radical (unpaired) electrons. The number of rotatable bonds is 5. The molecule has 0 aliphatic carbocycles. The number of carbonyl (C=O) groups is 2. The number of halogens is 2. The molecule has 0 amide bonds. The average molecular weight is 455 g/mol. The highest BCUT2D eigenvalue weighted by Crippen LogP contribution is 2.33. The van der Waals surface area contributed by atoms with Crippen LogP contribution in [0.15, 0.2) is 48.7 Å². The molecule has 1 aromatic heterocycles. The maximum absolute atomic E-state index is 13.0. The molecule has 0 aliphatic heterocycles. The van der Waals surface area contributed by atoms with Crippen LogP contribution in [0.1, 0.15) is 15.2 Å². The number of ether oxygens (including phenoxy) is 1. The number of benzene rings is 2. The predicted octanol–water partition coefficient (Wildman–Crippen LogP) is 3.84. The van der Waals surface area contributed by atoms with Crippen LogP contribution in [0.4, 0.5) is 5.69 Å². The fraction of sp³-hybridized carbons (Fsp3) is 0.158. The quantitative estimate of drug-likeness (QED) is 0.546. The molecule has 0 saturated heterocycles. The van der Waals surface area contributed by atoms with E-state index in [1.165, 1.54) is 36.1 Å². The molecular formula is C19H16Cl2N2O5S. The molecule has 3 rings (SSSR count). The van der Waals surface area contributed by atoms with E-state index < -0.39 is 28.4 Å². The lowest BCUT2D eigenvalue weighted by molar-refractivity contribution is 0.0603. The molecule has 0 fully saturated rings. The topological polar surface area (TPSA) is 85.7 Å². The van der Waals surface area contributed by atoms with E-state index in [1.54, 1.807) is 24.3 Å². The average Bonchev–Trinajstić information content (AvgIpc) is 3.07. The highest BCUT2D eigenvalue weighted by molar-refractivity contribution is 7.92. The van der Waals surface area contributed by atoms with Crippen molar-refractivity contribution in [2.45, 2.75) is 0 Å². The fourth-order valence-electron chi connectivity index (χ4n) is 2.92. The summed E-state index contributed by atoms with van der Waals surface area (Å²) in [6, 6.07) is 11.2. The van der Waals surface area contributed by atoms with Crippen molar-refractivity contribution in [3.8, 4) is 0 Å². The Balaban J connectivity index is 2.08. The lowest BCUT2D eigenvalue weighted by atomic mass is 10.2. The van der Waals surface area contributed by atoms with Crippen molar-refractivity contribution < 1.29 is 22.7 Å². The Bertz CT molecular complexity index is 1220. The number of esters is 1. The summed E-state index contributed by atoms with van der Waals surface area (Å²) in [5, 5.41) is 0.684. The lowest BCUT2D eigenvalue weighted by Gasteiger charge is -2.23. The third-order valence-corrected chi connectivity index (χ3v) is 6.20. The summed E-state index contributed by atoms with van der Waals surface area (Å²) in [4.78, 5) is 25.1. The summed E-state index contributed by atoms with van der Waals surface area (Å²) in [6.45, 7) is -0.543. The molecule has 0 aliphatic rings. The molecule has 152 valence electrons. The van der Waals surface area contributed by atoms with Gasteiger partial charge < -0.3 is 4.74 Å². The van der Waals surface area contributed by atoms with Gasteiger partial charge in [0.1, 0.15) is 6.54 Å². The summed E-state index contributed by atoms with van der Waals surface area (Å²) in [5.41, 5.74) is 0.728. The van der Waals surface area contributed by atoms with Gasteiger partial charge in [0.25, 0.3) is 5.91 Å². The Hall–Kier alpha value is -2.55. The number of aromatic nitrogens is 1. The van der Waals surface area contributed by atoms with E-state index >= 15 is 0 Å². The monoisotopic (exact) mass is 454 g/mol. The molecule has 0 atom stereocenters. The molecule has 0 saturated carbocycles. The number of para-hydroxylation sites is 1. The molecule has 10 heteroatoms. The Labute approximate surface area is 177 Å². The van der Waals surface area contributed by atoms with E-state index in [1.807, 2.05) is 0 Å². The molecule has 0 spiro atoms. The van der Waals surface area contributed by atoms with Crippen molar-refractivity contribution >= 4 is 61.7 Å². The predicted molar refractivity (Wildman–Crippen MR) is 113 cm³/mol. The Morgan fingerprint density at radius 3 is 2.45 bits per heavy atom. The highest BCUT2D eigenvalue weighted by atomic mass is 35.5. The third-order valence-electron chi connectivity index (χ3n) is 4.27. The minimum absolute atomic E-state index is 0.0139. The molecule has 2 aromatic carbocycles. The smallest absolute Gasteiger partial charge is 0.340 e. The summed E-state index contributed by atoms with van der Waals surface area (Å²) in [7, 11) is -2.62. The van der Waals surface area contributed by atoms with Crippen LogP contribution in [-0.2, 0) is 14.8 Å². The number of carbonyl (C=O) groups excluding carboxylic acids is 2. The molecule has 0 unspecified atom stereocenters. The van der Waals surface area contributed by atoms with Crippen LogP contribution in [0, 0.1) is 0 Å². The second kappa shape index (κ2) is 8.06. The van der Waals surface area contributed by atoms with Gasteiger partial charge in [-0.1, -0.05) is 47.5 Å². The van der Waals surface area contributed by atoms with Gasteiger partial charge in [0.05, 0.1) is 40.2 Å². The van der Waals surface area contributed by atoms with E-state index in [0.717, 1.165) is 10.6 Å². The SMILES string of the molecule is COC(=O)c1cn(C(=O)CN(c2cccc(Cl)c2Cl)S(C)(=O)=O)c2ccccc12. The minimum Gasteiger partial charge on any atom is -0.465 e. The first kappa shape index (κ1) is 21.2. The van der Waals surface area contributed by atoms with E-state index in [4.69, 9.17) is 27.9 Å². The van der Waals surface area contributed by atoms with Crippen molar-refractivity contribution in [2.75, 3.05) is 24.2 Å². The first-order valence-corrected chi connectivity index (χ1v) is 10.9. The zero-order valence-corrected chi connectivity index (χ0v) is 17.8. The van der Waals surface area contributed by atoms with Crippen LogP contribution in [0.2, 0.25) is 10.0 Å². The van der Waals surface area contributed by atoms with Crippen LogP contribution >= 0.6 is 23.2 Å². The fourth-order valence-corrected chi connectivity index (χ4v) is 4.23. The Morgan fingerprint density at radius 1 is 1.10 bits per heavy atom. The van der Waals surface area contributed by atoms with E-state index in [9.17, 15) is 18.0 Å². The van der Waals surface area contributed by atoms with Crippen LogP contribution < -0.4 is 4.31 Å². The van der Waals surface area contributed by atoms with Crippen molar-refractivity contribution in [1.29, 1.82) is 0 Å². The molecule has 29 heavy (non-hydrogen) atoms. The van der Waals surface area contributed by atoms with Crippen molar-refractivity contribution in [3.63, 3.8) is 0 Å². The largest absolute Gasteiger partial charge is 0.465 e. The maximum atomic E-state index is 13.0. The van der Waals surface area contributed by atoms with Gasteiger partial charge in [-0.25, -0.2) is 13.2 Å². The number of nitrogens with zero attached hydrogens (tertiary/aromatic N) is 2. The van der Waals surface area contributed by atoms with Crippen molar-refractivity contribution in [2.24, 2.45) is 0 Å². The maximum Gasteiger partial charge on any atom is 0.340 e. The number of anilines is 1. The van der Waals surface area contributed by atoms with Gasteiger partial charge in [0.2, 0.25) is 10.0 Å². The molecule has 1 heterocycles. The van der Waals surface area contributed by atoms with Gasteiger partial charge in [-0.2, -0.15) is 0 Å². The summed E-state index contributed by atoms with van der Waals surface area (Å²) >= 11 is 12.2. The minimum atomic E-state index is -3.86. The molecule has 0 bridgehead atoms. The molecule has 3 aromatic rings. The van der Waals surface area contributed by atoms with Crippen LogP contribution in [0.3, 0.4) is 0 Å². The van der Waals surface area contributed by atoms with E-state index in [-0.39, 0.29) is 21.3 Å². The summed E-state index contributed by atoms with van der Waals surface area (Å²) in [6.07, 6.45) is 2.30. The first-order valence-electron chi connectivity index (χ1n) is 8.28. The van der Waals surface area contributed by atoms with Crippen LogP contribution in [-0.4, -0.2) is 44.8 Å². The van der Waals surface area contributed by atoms with E-state index in [0.29, 0.717) is 10.9 Å². The van der Waals surface area contributed by atoms with Gasteiger partial charge >= 0.3 is 5.97 Å². The highest BCUT2D eigenvalue weighted by Gasteiger charge is 2.26. The standard InChI is InChI=1S/C19H16Cl2N2O5S/c1-28-19(25)13-10-22(15-8-4-3-6-12(13)15)17(24)11-23(29(2,26)27)16-9-5-7-14(20)18(16)21/h3-10H,11H2,1-2H3. The number of hydrogen-bond acceptors (Lipinski definition) is 5. The number of hydrogen-bond donors (Lipinski definition) is 0. The zero-order valence-electron chi connectivity index (χ0n) is 15.4. The Morgan fingerprint density at radius 2 is 1.79 bits per heavy atom. The molecule has 7 nitrogen and oxygen atoms in total. The summed E-state index contributed by atoms with van der Waals surface area (Å²) in [5.74, 6) is -1.19. The van der Waals surface area contributed by atoms with Gasteiger partial charge in [-0.3, -0.25) is 13.7 Å². The van der Waals surface area contributed by atoms with Gasteiger partial charge in [-0.05, 0) is 18.2 Å². The normalized spacial score (nSPS) is 11.4. The van der Waals surface area contributed by atoms with Gasteiger partial charge in [0, 0.05) is 11.6 Å². The second-order valence-electron chi connectivity index (χ2n) is 6.16. The van der Waals surface area contributed by atoms with Gasteiger partial charge in [0.15, 0.2) is 0 Å². The van der Waals surface area contributed by atoms with Crippen molar-refractivity contribution in [3.05, 3.63) is 64.3 Å². The number of methoxy groups -OCH3 is 1. The molecule has 0 N–H and O–H groups in total. The number of fused-ring (bicyclic) bond motifs is 1. The van der Waals surface area contributed by atoms with Crippen LogP contribution in [0.5, 0.6) is 0 Å². The Kier molecular flexibility index (Phi) is 5.88. The number of sulfonamides is 1. The van der Waals surface area contributed by atoms with Crippen molar-refractivity contribution in [1.82, 2.24) is 4.57 Å².